The first kappa shape index (κ1) is 10.1. The zero-order valence-corrected chi connectivity index (χ0v) is 7.35. The summed E-state index contributed by atoms with van der Waals surface area (Å²) in [6.07, 6.45) is -2.68. The Morgan fingerprint density at radius 2 is 2.15 bits per heavy atom. The number of nitrogen functional groups attached to an aromatic ring is 1. The average molecular weight is 208 g/mol. The van der Waals surface area contributed by atoms with E-state index < -0.39 is 6.43 Å². The van der Waals surface area contributed by atoms with E-state index in [1.54, 1.807) is 0 Å². The molecule has 3 nitrogen and oxygen atoms in total. The number of alkyl halides is 2. The summed E-state index contributed by atoms with van der Waals surface area (Å²) in [6, 6.07) is 1.18. The molecule has 4 N–H and O–H groups in total. The first-order valence-electron chi connectivity index (χ1n) is 3.49. The van der Waals surface area contributed by atoms with Crippen LogP contribution in [0.1, 0.15) is 17.7 Å². The van der Waals surface area contributed by atoms with E-state index in [1.807, 2.05) is 0 Å². The molecule has 6 heteroatoms. The Balaban J connectivity index is 3.30. The number of pyridine rings is 1. The summed E-state index contributed by atoms with van der Waals surface area (Å²) >= 11 is 5.51. The Hall–Kier alpha value is -0.940. The summed E-state index contributed by atoms with van der Waals surface area (Å²) < 4.78 is 24.8. The second-order valence-corrected chi connectivity index (χ2v) is 2.79. The highest BCUT2D eigenvalue weighted by Crippen LogP contribution is 2.29. The Labute approximate surface area is 78.7 Å². The summed E-state index contributed by atoms with van der Waals surface area (Å²) in [5.74, 6) is 0. The van der Waals surface area contributed by atoms with Crippen molar-refractivity contribution in [2.45, 2.75) is 13.0 Å². The van der Waals surface area contributed by atoms with Crippen LogP contribution in [0.15, 0.2) is 6.07 Å². The predicted octanol–water partition coefficient (Wildman–Crippen LogP) is 1.71. The Morgan fingerprint density at radius 1 is 1.54 bits per heavy atom. The van der Waals surface area contributed by atoms with E-state index in [9.17, 15) is 8.78 Å². The van der Waals surface area contributed by atoms with Crippen LogP contribution in [0, 0.1) is 0 Å². The predicted molar refractivity (Wildman–Crippen MR) is 46.5 cm³/mol. The third-order valence-electron chi connectivity index (χ3n) is 1.55. The fourth-order valence-corrected chi connectivity index (χ4v) is 1.22. The van der Waals surface area contributed by atoms with Gasteiger partial charge in [-0.1, -0.05) is 11.6 Å². The highest BCUT2D eigenvalue weighted by Gasteiger charge is 2.17. The zero-order valence-electron chi connectivity index (χ0n) is 6.60. The van der Waals surface area contributed by atoms with Gasteiger partial charge in [0.15, 0.2) is 0 Å². The van der Waals surface area contributed by atoms with Gasteiger partial charge in [-0.3, -0.25) is 0 Å². The second kappa shape index (κ2) is 3.85. The maximum absolute atomic E-state index is 12.4. The normalized spacial score (nSPS) is 10.8. The van der Waals surface area contributed by atoms with Gasteiger partial charge in [-0.2, -0.15) is 0 Å². The number of hydrogen-bond acceptors (Lipinski definition) is 3. The number of hydrogen-bond donors (Lipinski definition) is 2. The maximum atomic E-state index is 12.4. The SMILES string of the molecule is NCc1nc(Cl)cc(N)c1C(F)F. The molecule has 0 aliphatic carbocycles. The largest absolute Gasteiger partial charge is 0.398 e. The summed E-state index contributed by atoms with van der Waals surface area (Å²) in [4.78, 5) is 3.65. The number of nitrogens with two attached hydrogens (primary N) is 2. The molecule has 0 amide bonds. The van der Waals surface area contributed by atoms with Gasteiger partial charge in [-0.15, -0.1) is 0 Å². The molecule has 0 saturated carbocycles. The van der Waals surface area contributed by atoms with E-state index in [0.29, 0.717) is 0 Å². The molecule has 1 aromatic rings. The van der Waals surface area contributed by atoms with E-state index in [1.165, 1.54) is 6.07 Å². The van der Waals surface area contributed by atoms with Crippen molar-refractivity contribution in [1.82, 2.24) is 4.98 Å². The van der Waals surface area contributed by atoms with Crippen LogP contribution in [0.4, 0.5) is 14.5 Å². The molecule has 0 radical (unpaired) electrons. The summed E-state index contributed by atoms with van der Waals surface area (Å²) in [6.45, 7) is -0.107. The number of halogens is 3. The van der Waals surface area contributed by atoms with Gasteiger partial charge < -0.3 is 11.5 Å². The van der Waals surface area contributed by atoms with Gasteiger partial charge in [0.25, 0.3) is 6.43 Å². The van der Waals surface area contributed by atoms with Crippen LogP contribution in [0.3, 0.4) is 0 Å². The van der Waals surface area contributed by atoms with E-state index in [-0.39, 0.29) is 28.6 Å². The van der Waals surface area contributed by atoms with Gasteiger partial charge >= 0.3 is 0 Å². The van der Waals surface area contributed by atoms with Crippen molar-refractivity contribution in [2.24, 2.45) is 5.73 Å². The van der Waals surface area contributed by atoms with Crippen molar-refractivity contribution in [3.05, 3.63) is 22.5 Å². The lowest BCUT2D eigenvalue weighted by Gasteiger charge is -2.09. The molecule has 0 bridgehead atoms. The molecule has 0 saturated heterocycles. The molecule has 72 valence electrons. The van der Waals surface area contributed by atoms with E-state index in [0.717, 1.165) is 0 Å². The molecule has 1 rings (SSSR count). The molecule has 0 aliphatic rings. The Bertz CT molecular complexity index is 317. The highest BCUT2D eigenvalue weighted by atomic mass is 35.5. The maximum Gasteiger partial charge on any atom is 0.267 e. The standard InChI is InChI=1S/C7H8ClF2N3/c8-5-1-3(12)6(7(9)10)4(2-11)13-5/h1,7H,2,11H2,(H2,12,13). The van der Waals surface area contributed by atoms with Crippen LogP contribution in [0.25, 0.3) is 0 Å². The lowest BCUT2D eigenvalue weighted by Crippen LogP contribution is -2.08. The Morgan fingerprint density at radius 3 is 2.62 bits per heavy atom. The smallest absolute Gasteiger partial charge is 0.267 e. The summed E-state index contributed by atoms with van der Waals surface area (Å²) in [5, 5.41) is 0.0716. The van der Waals surface area contributed by atoms with Gasteiger partial charge in [0.2, 0.25) is 0 Å². The van der Waals surface area contributed by atoms with Crippen LogP contribution in [-0.4, -0.2) is 4.98 Å². The molecule has 13 heavy (non-hydrogen) atoms. The molecule has 0 atom stereocenters. The lowest BCUT2D eigenvalue weighted by atomic mass is 10.1. The number of rotatable bonds is 2. The van der Waals surface area contributed by atoms with E-state index in [4.69, 9.17) is 23.1 Å². The molecule has 0 spiro atoms. The minimum absolute atomic E-state index is 0.0417. The summed E-state index contributed by atoms with van der Waals surface area (Å²) in [5.41, 5.74) is 10.2. The van der Waals surface area contributed by atoms with E-state index >= 15 is 0 Å². The van der Waals surface area contributed by atoms with E-state index in [2.05, 4.69) is 4.98 Å². The van der Waals surface area contributed by atoms with Crippen molar-refractivity contribution in [3.8, 4) is 0 Å². The average Bonchev–Trinajstić information content (AvgIpc) is 2.01. The molecular weight excluding hydrogens is 200 g/mol. The fraction of sp³-hybridized carbons (Fsp3) is 0.286. The van der Waals surface area contributed by atoms with Crippen molar-refractivity contribution < 1.29 is 8.78 Å². The number of anilines is 1. The van der Waals surface area contributed by atoms with Crippen molar-refractivity contribution in [3.63, 3.8) is 0 Å². The lowest BCUT2D eigenvalue weighted by molar-refractivity contribution is 0.150. The van der Waals surface area contributed by atoms with Gasteiger partial charge in [0.05, 0.1) is 11.3 Å². The zero-order chi connectivity index (χ0) is 10.0. The van der Waals surface area contributed by atoms with Crippen molar-refractivity contribution in [2.75, 3.05) is 5.73 Å². The molecule has 0 unspecified atom stereocenters. The first-order valence-corrected chi connectivity index (χ1v) is 3.87. The third-order valence-corrected chi connectivity index (χ3v) is 1.74. The first-order chi connectivity index (χ1) is 6.06. The van der Waals surface area contributed by atoms with Gasteiger partial charge in [0, 0.05) is 12.2 Å². The molecule has 1 heterocycles. The Kier molecular flexibility index (Phi) is 3.00. The topological polar surface area (TPSA) is 64.9 Å². The quantitative estimate of drug-likeness (QED) is 0.726. The monoisotopic (exact) mass is 207 g/mol. The molecule has 1 aromatic heterocycles. The van der Waals surface area contributed by atoms with Gasteiger partial charge in [0.1, 0.15) is 5.15 Å². The highest BCUT2D eigenvalue weighted by molar-refractivity contribution is 6.29. The molecular formula is C7H8ClF2N3. The second-order valence-electron chi connectivity index (χ2n) is 2.40. The molecule has 0 aromatic carbocycles. The van der Waals surface area contributed by atoms with Gasteiger partial charge in [-0.25, -0.2) is 13.8 Å². The van der Waals surface area contributed by atoms with Crippen LogP contribution >= 0.6 is 11.6 Å². The van der Waals surface area contributed by atoms with Crippen molar-refractivity contribution >= 4 is 17.3 Å². The van der Waals surface area contributed by atoms with Gasteiger partial charge in [-0.05, 0) is 6.07 Å². The van der Waals surface area contributed by atoms with Crippen LogP contribution in [0.2, 0.25) is 5.15 Å². The number of aromatic nitrogens is 1. The van der Waals surface area contributed by atoms with Crippen molar-refractivity contribution in [1.29, 1.82) is 0 Å². The van der Waals surface area contributed by atoms with Crippen LogP contribution in [0.5, 0.6) is 0 Å². The number of nitrogens with zero attached hydrogens (tertiary/aromatic N) is 1. The minimum atomic E-state index is -2.68. The fourth-order valence-electron chi connectivity index (χ4n) is 1.00. The summed E-state index contributed by atoms with van der Waals surface area (Å²) in [7, 11) is 0. The van der Waals surface area contributed by atoms with Crippen LogP contribution in [-0.2, 0) is 6.54 Å². The molecule has 0 fully saturated rings. The minimum Gasteiger partial charge on any atom is -0.398 e. The third kappa shape index (κ3) is 2.05. The molecule has 0 aliphatic heterocycles. The van der Waals surface area contributed by atoms with Crippen LogP contribution < -0.4 is 11.5 Å².